The minimum atomic E-state index is -0.235. The predicted octanol–water partition coefficient (Wildman–Crippen LogP) is 3.03. The minimum Gasteiger partial charge on any atom is -0.497 e. The van der Waals surface area contributed by atoms with Crippen molar-refractivity contribution in [3.05, 3.63) is 47.0 Å². The van der Waals surface area contributed by atoms with Crippen LogP contribution in [0.5, 0.6) is 5.75 Å². The molecule has 3 rings (SSSR count). The number of amides is 2. The van der Waals surface area contributed by atoms with Crippen LogP contribution in [0.3, 0.4) is 0 Å². The minimum absolute atomic E-state index is 0.115. The van der Waals surface area contributed by atoms with Gasteiger partial charge in [0.2, 0.25) is 0 Å². The second-order valence-electron chi connectivity index (χ2n) is 7.45. The molecule has 0 bridgehead atoms. The molecular formula is C22H30N4O3. The van der Waals surface area contributed by atoms with E-state index in [1.807, 2.05) is 28.8 Å². The maximum atomic E-state index is 12.9. The van der Waals surface area contributed by atoms with Gasteiger partial charge >= 0.3 is 0 Å². The number of fused-ring (bicyclic) bond motifs is 1. The Balaban J connectivity index is 1.76. The number of ether oxygens (including phenoxy) is 1. The van der Waals surface area contributed by atoms with Gasteiger partial charge in [0.05, 0.1) is 12.8 Å². The predicted molar refractivity (Wildman–Crippen MR) is 111 cm³/mol. The van der Waals surface area contributed by atoms with Crippen molar-refractivity contribution < 1.29 is 14.3 Å². The molecule has 1 aliphatic rings. The first-order valence-electron chi connectivity index (χ1n) is 10.3. The van der Waals surface area contributed by atoms with Crippen molar-refractivity contribution in [3.63, 3.8) is 0 Å². The lowest BCUT2D eigenvalue weighted by molar-refractivity contribution is 0.0775. The van der Waals surface area contributed by atoms with E-state index in [-0.39, 0.29) is 11.8 Å². The van der Waals surface area contributed by atoms with E-state index in [9.17, 15) is 9.59 Å². The summed E-state index contributed by atoms with van der Waals surface area (Å²) in [7, 11) is 3.42. The number of unbranched alkanes of at least 4 members (excludes halogenated alkanes) is 1. The van der Waals surface area contributed by atoms with Crippen LogP contribution in [0.4, 0.5) is 0 Å². The summed E-state index contributed by atoms with van der Waals surface area (Å²) >= 11 is 0. The topological polar surface area (TPSA) is 76.5 Å². The standard InChI is InChI=1S/C22H30N4O3/c1-4-5-13-25(2)22(28)20-24-19(18-8-6-7-14-26(18)20)21(27)23-15-16-9-11-17(29-3)12-10-16/h9-12H,4-8,13-15H2,1-3H3,(H,23,27). The van der Waals surface area contributed by atoms with Crippen molar-refractivity contribution in [2.45, 2.75) is 52.1 Å². The van der Waals surface area contributed by atoms with Crippen molar-refractivity contribution in [2.75, 3.05) is 20.7 Å². The fourth-order valence-electron chi connectivity index (χ4n) is 3.57. The molecule has 1 aromatic carbocycles. The number of nitrogens with zero attached hydrogens (tertiary/aromatic N) is 3. The van der Waals surface area contributed by atoms with Crippen LogP contribution >= 0.6 is 0 Å². The zero-order valence-corrected chi connectivity index (χ0v) is 17.5. The Hall–Kier alpha value is -2.83. The summed E-state index contributed by atoms with van der Waals surface area (Å²) in [4.78, 5) is 32.0. The zero-order chi connectivity index (χ0) is 20.8. The van der Waals surface area contributed by atoms with E-state index in [0.29, 0.717) is 24.6 Å². The zero-order valence-electron chi connectivity index (χ0n) is 17.5. The summed E-state index contributed by atoms with van der Waals surface area (Å²) < 4.78 is 7.10. The summed E-state index contributed by atoms with van der Waals surface area (Å²) in [6.45, 7) is 3.92. The van der Waals surface area contributed by atoms with Gasteiger partial charge in [-0.15, -0.1) is 0 Å². The SMILES string of the molecule is CCCCN(C)C(=O)c1nc(C(=O)NCc2ccc(OC)cc2)c2n1CCCC2. The van der Waals surface area contributed by atoms with Gasteiger partial charge in [0.1, 0.15) is 11.4 Å². The number of carbonyl (C=O) groups excluding carboxylic acids is 2. The lowest BCUT2D eigenvalue weighted by Crippen LogP contribution is -2.31. The van der Waals surface area contributed by atoms with Crippen molar-refractivity contribution in [3.8, 4) is 5.75 Å². The molecule has 29 heavy (non-hydrogen) atoms. The van der Waals surface area contributed by atoms with Gasteiger partial charge < -0.3 is 19.5 Å². The first kappa shape index (κ1) is 20.9. The van der Waals surface area contributed by atoms with E-state index in [0.717, 1.165) is 55.7 Å². The molecule has 0 aliphatic carbocycles. The Morgan fingerprint density at radius 1 is 1.24 bits per heavy atom. The second kappa shape index (κ2) is 9.58. The molecule has 2 amide bonds. The molecule has 0 atom stereocenters. The summed E-state index contributed by atoms with van der Waals surface area (Å²) in [6.07, 6.45) is 4.74. The number of imidazole rings is 1. The van der Waals surface area contributed by atoms with Gasteiger partial charge in [-0.3, -0.25) is 9.59 Å². The molecular weight excluding hydrogens is 368 g/mol. The van der Waals surface area contributed by atoms with Crippen LogP contribution in [0.15, 0.2) is 24.3 Å². The average molecular weight is 399 g/mol. The molecule has 7 nitrogen and oxygen atoms in total. The van der Waals surface area contributed by atoms with Gasteiger partial charge in [-0.25, -0.2) is 4.98 Å². The molecule has 1 N–H and O–H groups in total. The monoisotopic (exact) mass is 398 g/mol. The molecule has 0 saturated carbocycles. The van der Waals surface area contributed by atoms with Crippen molar-refractivity contribution in [1.82, 2.24) is 19.8 Å². The van der Waals surface area contributed by atoms with Gasteiger partial charge in [0.15, 0.2) is 5.82 Å². The second-order valence-corrected chi connectivity index (χ2v) is 7.45. The Kier molecular flexibility index (Phi) is 6.90. The van der Waals surface area contributed by atoms with E-state index in [1.165, 1.54) is 0 Å². The third kappa shape index (κ3) is 4.78. The highest BCUT2D eigenvalue weighted by atomic mass is 16.5. The van der Waals surface area contributed by atoms with E-state index in [2.05, 4.69) is 17.2 Å². The molecule has 2 heterocycles. The van der Waals surface area contributed by atoms with Crippen LogP contribution in [-0.2, 0) is 19.5 Å². The van der Waals surface area contributed by atoms with E-state index < -0.39 is 0 Å². The van der Waals surface area contributed by atoms with Crippen LogP contribution < -0.4 is 10.1 Å². The van der Waals surface area contributed by atoms with Crippen LogP contribution in [0, 0.1) is 0 Å². The molecule has 0 fully saturated rings. The summed E-state index contributed by atoms with van der Waals surface area (Å²) in [5.41, 5.74) is 2.23. The van der Waals surface area contributed by atoms with Gasteiger partial charge in [-0.05, 0) is 43.4 Å². The number of nitrogens with one attached hydrogen (secondary N) is 1. The van der Waals surface area contributed by atoms with Crippen LogP contribution in [0.2, 0.25) is 0 Å². The third-order valence-electron chi connectivity index (χ3n) is 5.33. The number of aromatic nitrogens is 2. The highest BCUT2D eigenvalue weighted by molar-refractivity contribution is 5.97. The molecule has 0 radical (unpaired) electrons. The smallest absolute Gasteiger partial charge is 0.289 e. The van der Waals surface area contributed by atoms with Crippen LogP contribution in [-0.4, -0.2) is 47.0 Å². The van der Waals surface area contributed by atoms with Crippen molar-refractivity contribution in [1.29, 1.82) is 0 Å². The first-order valence-corrected chi connectivity index (χ1v) is 10.3. The van der Waals surface area contributed by atoms with Gasteiger partial charge in [0, 0.05) is 26.7 Å². The number of methoxy groups -OCH3 is 1. The number of hydrogen-bond donors (Lipinski definition) is 1. The summed E-state index contributed by atoms with van der Waals surface area (Å²) in [6, 6.07) is 7.56. The third-order valence-corrected chi connectivity index (χ3v) is 5.33. The Morgan fingerprint density at radius 2 is 2.00 bits per heavy atom. The molecule has 2 aromatic rings. The van der Waals surface area contributed by atoms with Crippen molar-refractivity contribution in [2.24, 2.45) is 0 Å². The van der Waals surface area contributed by atoms with Gasteiger partial charge in [-0.1, -0.05) is 25.5 Å². The fraction of sp³-hybridized carbons (Fsp3) is 0.500. The molecule has 0 saturated heterocycles. The number of benzene rings is 1. The maximum Gasteiger partial charge on any atom is 0.289 e. The molecule has 0 spiro atoms. The molecule has 7 heteroatoms. The number of hydrogen-bond acceptors (Lipinski definition) is 4. The van der Waals surface area contributed by atoms with E-state index >= 15 is 0 Å². The largest absolute Gasteiger partial charge is 0.497 e. The molecule has 0 unspecified atom stereocenters. The lowest BCUT2D eigenvalue weighted by atomic mass is 10.1. The first-order chi connectivity index (χ1) is 14.0. The van der Waals surface area contributed by atoms with Gasteiger partial charge in [-0.2, -0.15) is 0 Å². The van der Waals surface area contributed by atoms with Crippen LogP contribution in [0.1, 0.15) is 65.0 Å². The van der Waals surface area contributed by atoms with E-state index in [1.54, 1.807) is 19.1 Å². The maximum absolute atomic E-state index is 12.9. The Bertz CT molecular complexity index is 858. The highest BCUT2D eigenvalue weighted by Crippen LogP contribution is 2.22. The van der Waals surface area contributed by atoms with Crippen molar-refractivity contribution >= 4 is 11.8 Å². The Morgan fingerprint density at radius 3 is 2.69 bits per heavy atom. The fourth-order valence-corrected chi connectivity index (χ4v) is 3.57. The molecule has 156 valence electrons. The summed E-state index contributed by atoms with van der Waals surface area (Å²) in [5, 5.41) is 2.94. The van der Waals surface area contributed by atoms with Gasteiger partial charge in [0.25, 0.3) is 11.8 Å². The number of rotatable bonds is 8. The Labute approximate surface area is 172 Å². The van der Waals surface area contributed by atoms with E-state index in [4.69, 9.17) is 4.74 Å². The quantitative estimate of drug-likeness (QED) is 0.742. The lowest BCUT2D eigenvalue weighted by Gasteiger charge is -2.20. The highest BCUT2D eigenvalue weighted by Gasteiger charge is 2.28. The number of carbonyl (C=O) groups is 2. The summed E-state index contributed by atoms with van der Waals surface area (Å²) in [5.74, 6) is 0.809. The normalized spacial score (nSPS) is 12.9. The average Bonchev–Trinajstić information content (AvgIpc) is 3.15. The molecule has 1 aromatic heterocycles. The van der Waals surface area contributed by atoms with Crippen LogP contribution in [0.25, 0.3) is 0 Å². The molecule has 1 aliphatic heterocycles.